The molecule has 0 unspecified atom stereocenters. The number of fused-ring (bicyclic) bond motifs is 31. The van der Waals surface area contributed by atoms with E-state index in [0.717, 1.165) is 176 Å². The molecule has 0 fully saturated rings. The first-order chi connectivity index (χ1) is 48.7. The molecule has 25 aromatic rings. The fourth-order valence-corrected chi connectivity index (χ4v) is 18.4. The molecule has 0 aliphatic rings. The standard InChI is InChI=1S/C88H46N10/c1-9-31-68-52(21-1)53-22-2-10-32-69(53)93(68)48-39-62-64-43-50(95-72-35-13-5-25-56(72)57-26-6-14-36-73(57)95)45-89-87(64)97-83(62)66(41-48)77-81-82(92-80-61-30-18-20-47-19-17-29-60(76(47)61)79(80)91-81)78-67-42-49(94-70-33-11-3-23-54(70)55-24-4-12-34-71(55)94)40-63-65-44-51(46-90-88(65)98(84(63)67)86(78)85(77)97)96-74-37-15-7-27-58(74)59-28-8-16-38-75(59)96/h1-46H. The lowest BCUT2D eigenvalue weighted by atomic mass is 10.0. The normalized spacial score (nSPS) is 12.9. The van der Waals surface area contributed by atoms with Crippen molar-refractivity contribution in [2.45, 2.75) is 0 Å². The minimum Gasteiger partial charge on any atom is -0.309 e. The van der Waals surface area contributed by atoms with Crippen LogP contribution in [0.3, 0.4) is 0 Å². The molecule has 10 nitrogen and oxygen atoms in total. The molecule has 0 saturated carbocycles. The van der Waals surface area contributed by atoms with Gasteiger partial charge in [-0.1, -0.05) is 182 Å². The molecule has 0 amide bonds. The van der Waals surface area contributed by atoms with Crippen molar-refractivity contribution < 1.29 is 0 Å². The Bertz CT molecular complexity index is 7270. The van der Waals surface area contributed by atoms with Gasteiger partial charge in [0.05, 0.1) is 101 Å². The van der Waals surface area contributed by atoms with Crippen molar-refractivity contribution in [3.63, 3.8) is 0 Å². The number of benzene rings is 13. The molecular weight excluding hydrogens is 1200 g/mol. The first-order valence-electron chi connectivity index (χ1n) is 33.5. The van der Waals surface area contributed by atoms with Crippen LogP contribution >= 0.6 is 0 Å². The number of para-hydroxylation sites is 8. The van der Waals surface area contributed by atoms with E-state index in [0.29, 0.717) is 0 Å². The van der Waals surface area contributed by atoms with E-state index in [2.05, 4.69) is 306 Å². The Morgan fingerprint density at radius 1 is 0.204 bits per heavy atom. The third-order valence-electron chi connectivity index (χ3n) is 22.2. The molecule has 448 valence electrons. The molecule has 0 aliphatic carbocycles. The van der Waals surface area contributed by atoms with E-state index >= 15 is 0 Å². The molecule has 0 atom stereocenters. The van der Waals surface area contributed by atoms with Gasteiger partial charge in [0.1, 0.15) is 22.3 Å². The number of aromatic nitrogens is 10. The van der Waals surface area contributed by atoms with Gasteiger partial charge in [0.2, 0.25) is 0 Å². The van der Waals surface area contributed by atoms with Gasteiger partial charge in [-0.2, -0.15) is 0 Å². The maximum absolute atomic E-state index is 6.15. The Morgan fingerprint density at radius 3 is 0.806 bits per heavy atom. The predicted molar refractivity (Wildman–Crippen MR) is 406 cm³/mol. The van der Waals surface area contributed by atoms with Crippen molar-refractivity contribution >= 4 is 207 Å². The number of pyridine rings is 2. The van der Waals surface area contributed by atoms with Crippen molar-refractivity contribution in [1.82, 2.24) is 47.0 Å². The Balaban J connectivity index is 0.923. The van der Waals surface area contributed by atoms with Crippen LogP contribution in [0.25, 0.3) is 230 Å². The lowest BCUT2D eigenvalue weighted by Gasteiger charge is -2.12. The molecule has 0 aliphatic heterocycles. The number of hydrogen-bond donors (Lipinski definition) is 0. The van der Waals surface area contributed by atoms with Crippen LogP contribution in [0.1, 0.15) is 0 Å². The van der Waals surface area contributed by atoms with Crippen molar-refractivity contribution in [2.24, 2.45) is 0 Å². The van der Waals surface area contributed by atoms with Gasteiger partial charge in [-0.05, 0) is 90.3 Å². The van der Waals surface area contributed by atoms with Crippen molar-refractivity contribution in [3.05, 3.63) is 279 Å². The minimum absolute atomic E-state index is 0.841. The van der Waals surface area contributed by atoms with E-state index in [1.165, 1.54) is 53.9 Å². The van der Waals surface area contributed by atoms with Crippen molar-refractivity contribution in [3.8, 4) is 22.7 Å². The minimum atomic E-state index is 0.841. The van der Waals surface area contributed by atoms with Gasteiger partial charge in [0, 0.05) is 114 Å². The molecule has 11 heterocycles. The third-order valence-corrected chi connectivity index (χ3v) is 22.2. The van der Waals surface area contributed by atoms with Crippen LogP contribution in [0.15, 0.2) is 279 Å². The summed E-state index contributed by atoms with van der Waals surface area (Å²) in [6, 6.07) is 98.1. The highest BCUT2D eigenvalue weighted by Crippen LogP contribution is 2.53. The number of rotatable bonds is 4. The maximum atomic E-state index is 6.15. The first-order valence-corrected chi connectivity index (χ1v) is 33.5. The van der Waals surface area contributed by atoms with Gasteiger partial charge < -0.3 is 18.3 Å². The fraction of sp³-hybridized carbons (Fsp3) is 0. The van der Waals surface area contributed by atoms with Gasteiger partial charge in [-0.3, -0.25) is 8.80 Å². The summed E-state index contributed by atoms with van der Waals surface area (Å²) in [5.74, 6) is 0. The van der Waals surface area contributed by atoms with Crippen molar-refractivity contribution in [2.75, 3.05) is 0 Å². The Morgan fingerprint density at radius 2 is 0.480 bits per heavy atom. The zero-order valence-corrected chi connectivity index (χ0v) is 52.0. The Hall–Kier alpha value is -13.4. The van der Waals surface area contributed by atoms with Gasteiger partial charge >= 0.3 is 0 Å². The summed E-state index contributed by atoms with van der Waals surface area (Å²) in [4.78, 5) is 23.9. The second kappa shape index (κ2) is 17.5. The van der Waals surface area contributed by atoms with Crippen LogP contribution in [0.5, 0.6) is 0 Å². The summed E-state index contributed by atoms with van der Waals surface area (Å²) in [5, 5.41) is 22.6. The van der Waals surface area contributed by atoms with Crippen LogP contribution < -0.4 is 0 Å². The fourth-order valence-electron chi connectivity index (χ4n) is 18.4. The average molecular weight is 1240 g/mol. The van der Waals surface area contributed by atoms with Crippen LogP contribution in [0.2, 0.25) is 0 Å². The Labute approximate surface area is 553 Å². The molecule has 98 heavy (non-hydrogen) atoms. The molecule has 0 saturated heterocycles. The van der Waals surface area contributed by atoms with Crippen LogP contribution in [-0.4, -0.2) is 47.0 Å². The summed E-state index contributed by atoms with van der Waals surface area (Å²) in [5.41, 5.74) is 22.5. The zero-order chi connectivity index (χ0) is 63.1. The topological polar surface area (TPSA) is 80.1 Å². The quantitative estimate of drug-likeness (QED) is 0.176. The van der Waals surface area contributed by atoms with Crippen LogP contribution in [0.4, 0.5) is 0 Å². The maximum Gasteiger partial charge on any atom is 0.145 e. The lowest BCUT2D eigenvalue weighted by molar-refractivity contribution is 1.14. The smallest absolute Gasteiger partial charge is 0.145 e. The SMILES string of the molecule is c1cc2cccc3c4nc5c(nc4c(c1)c23)c1c2cc(-n3c4ccccc4c4ccccc43)cc3c4cc(-n6c7ccccc7c7ccccc76)cnc4n(c32)c1c1c5c2cc(-n3c4ccccc4c4ccccc43)cc3c4cc(-n5c6ccccc6c6ccccc65)cnc4n1c32. The van der Waals surface area contributed by atoms with Crippen LogP contribution in [0, 0.1) is 0 Å². The molecule has 25 rings (SSSR count). The molecule has 0 N–H and O–H groups in total. The summed E-state index contributed by atoms with van der Waals surface area (Å²) in [7, 11) is 0. The highest BCUT2D eigenvalue weighted by atomic mass is 15.1. The number of nitrogens with zero attached hydrogens (tertiary/aromatic N) is 10. The molecule has 0 bridgehead atoms. The Kier molecular flexibility index (Phi) is 8.93. The zero-order valence-electron chi connectivity index (χ0n) is 52.0. The summed E-state index contributed by atoms with van der Waals surface area (Å²) >= 11 is 0. The highest BCUT2D eigenvalue weighted by molar-refractivity contribution is 6.41. The average Bonchev–Trinajstić information content (AvgIpc) is 1.49. The first kappa shape index (κ1) is 50.1. The lowest BCUT2D eigenvalue weighted by Crippen LogP contribution is -1.97. The monoisotopic (exact) mass is 1240 g/mol. The van der Waals surface area contributed by atoms with E-state index in [-0.39, 0.29) is 0 Å². The van der Waals surface area contributed by atoms with Gasteiger partial charge in [0.15, 0.2) is 0 Å². The molecule has 10 heteroatoms. The summed E-state index contributed by atoms with van der Waals surface area (Å²) in [6.07, 6.45) is 4.18. The van der Waals surface area contributed by atoms with E-state index < -0.39 is 0 Å². The van der Waals surface area contributed by atoms with Crippen molar-refractivity contribution in [1.29, 1.82) is 0 Å². The number of hydrogen-bond acceptors (Lipinski definition) is 4. The van der Waals surface area contributed by atoms with E-state index in [1.807, 2.05) is 0 Å². The van der Waals surface area contributed by atoms with Gasteiger partial charge in [-0.25, -0.2) is 19.9 Å². The van der Waals surface area contributed by atoms with E-state index in [9.17, 15) is 0 Å². The summed E-state index contributed by atoms with van der Waals surface area (Å²) < 4.78 is 14.7. The van der Waals surface area contributed by atoms with E-state index in [1.54, 1.807) is 0 Å². The van der Waals surface area contributed by atoms with Crippen LogP contribution in [-0.2, 0) is 0 Å². The van der Waals surface area contributed by atoms with Gasteiger partial charge in [-0.15, -0.1) is 0 Å². The molecular formula is C88H46N10. The predicted octanol–water partition coefficient (Wildman–Crippen LogP) is 22.0. The summed E-state index contributed by atoms with van der Waals surface area (Å²) in [6.45, 7) is 0. The largest absolute Gasteiger partial charge is 0.309 e. The van der Waals surface area contributed by atoms with E-state index in [4.69, 9.17) is 19.9 Å². The molecule has 14 aromatic carbocycles. The molecule has 0 radical (unpaired) electrons. The molecule has 0 spiro atoms. The highest BCUT2D eigenvalue weighted by Gasteiger charge is 2.33. The second-order valence-electron chi connectivity index (χ2n) is 26.8. The van der Waals surface area contributed by atoms with Gasteiger partial charge in [0.25, 0.3) is 0 Å². The molecule has 11 aromatic heterocycles. The second-order valence-corrected chi connectivity index (χ2v) is 26.8. The third kappa shape index (κ3) is 5.92.